The first-order valence-corrected chi connectivity index (χ1v) is 6.01. The molecule has 6 heteroatoms. The van der Waals surface area contributed by atoms with Crippen LogP contribution in [-0.4, -0.2) is 10.9 Å². The number of rotatable bonds is 2. The monoisotopic (exact) mass is 295 g/mol. The number of thiophene rings is 1. The molecule has 80 valence electrons. The van der Waals surface area contributed by atoms with Crippen LogP contribution in [0.1, 0.15) is 16.1 Å². The number of hydrogen-bond acceptors (Lipinski definition) is 3. The molecular formula is C10H6BrN3OS. The van der Waals surface area contributed by atoms with Crippen molar-refractivity contribution >= 4 is 38.2 Å². The lowest BCUT2D eigenvalue weighted by Crippen LogP contribution is -2.11. The van der Waals surface area contributed by atoms with Crippen molar-refractivity contribution in [2.24, 2.45) is 0 Å². The average Bonchev–Trinajstić information content (AvgIpc) is 2.86. The summed E-state index contributed by atoms with van der Waals surface area (Å²) in [6, 6.07) is 5.36. The first-order chi connectivity index (χ1) is 7.70. The number of hydrogen-bond donors (Lipinski definition) is 2. The molecule has 2 N–H and O–H groups in total. The van der Waals surface area contributed by atoms with Gasteiger partial charge in [-0.3, -0.25) is 4.79 Å². The van der Waals surface area contributed by atoms with Gasteiger partial charge in [0.1, 0.15) is 16.8 Å². The summed E-state index contributed by atoms with van der Waals surface area (Å²) in [7, 11) is 0. The number of carbonyl (C=O) groups excluding carboxylic acids is 1. The van der Waals surface area contributed by atoms with Crippen LogP contribution in [0.4, 0.5) is 5.00 Å². The minimum atomic E-state index is -0.260. The van der Waals surface area contributed by atoms with E-state index < -0.39 is 0 Å². The van der Waals surface area contributed by atoms with Crippen LogP contribution >= 0.6 is 27.3 Å². The maximum atomic E-state index is 11.7. The average molecular weight is 296 g/mol. The molecule has 0 radical (unpaired) electrons. The van der Waals surface area contributed by atoms with Gasteiger partial charge in [-0.15, -0.1) is 11.3 Å². The zero-order valence-corrected chi connectivity index (χ0v) is 10.4. The predicted octanol–water partition coefficient (Wildman–Crippen LogP) is 2.96. The Morgan fingerprint density at radius 2 is 2.44 bits per heavy atom. The van der Waals surface area contributed by atoms with Gasteiger partial charge in [0, 0.05) is 10.7 Å². The van der Waals surface area contributed by atoms with Gasteiger partial charge in [0.05, 0.1) is 5.56 Å². The van der Waals surface area contributed by atoms with Crippen LogP contribution in [0.5, 0.6) is 0 Å². The van der Waals surface area contributed by atoms with Crippen molar-refractivity contribution in [3.63, 3.8) is 0 Å². The maximum Gasteiger partial charge on any atom is 0.272 e. The van der Waals surface area contributed by atoms with Gasteiger partial charge >= 0.3 is 0 Å². The van der Waals surface area contributed by atoms with Crippen molar-refractivity contribution < 1.29 is 4.79 Å². The molecule has 2 aromatic heterocycles. The Balaban J connectivity index is 2.17. The van der Waals surface area contributed by atoms with Gasteiger partial charge in [-0.1, -0.05) is 0 Å². The van der Waals surface area contributed by atoms with Crippen LogP contribution in [0, 0.1) is 11.3 Å². The SMILES string of the molecule is N#Cc1ccsc1NC(=O)c1cc(Br)c[nH]1. The summed E-state index contributed by atoms with van der Waals surface area (Å²) >= 11 is 4.57. The largest absolute Gasteiger partial charge is 0.356 e. The van der Waals surface area contributed by atoms with Gasteiger partial charge in [-0.05, 0) is 33.4 Å². The molecule has 2 heterocycles. The van der Waals surface area contributed by atoms with E-state index in [2.05, 4.69) is 26.2 Å². The van der Waals surface area contributed by atoms with Crippen molar-refractivity contribution in [1.82, 2.24) is 4.98 Å². The molecule has 0 aromatic carbocycles. The lowest BCUT2D eigenvalue weighted by molar-refractivity contribution is 0.102. The highest BCUT2D eigenvalue weighted by Gasteiger charge is 2.11. The number of anilines is 1. The van der Waals surface area contributed by atoms with E-state index in [-0.39, 0.29) is 5.91 Å². The lowest BCUT2D eigenvalue weighted by Gasteiger charge is -2.00. The molecule has 0 aliphatic carbocycles. The second-order valence-corrected chi connectivity index (χ2v) is 4.79. The molecule has 0 spiro atoms. The number of carbonyl (C=O) groups is 1. The number of nitriles is 1. The summed E-state index contributed by atoms with van der Waals surface area (Å²) in [4.78, 5) is 14.5. The predicted molar refractivity (Wildman–Crippen MR) is 65.5 cm³/mol. The molecule has 0 saturated heterocycles. The van der Waals surface area contributed by atoms with E-state index in [1.165, 1.54) is 11.3 Å². The molecule has 0 bridgehead atoms. The fraction of sp³-hybridized carbons (Fsp3) is 0. The number of nitrogens with one attached hydrogen (secondary N) is 2. The second kappa shape index (κ2) is 4.51. The van der Waals surface area contributed by atoms with E-state index in [1.807, 2.05) is 6.07 Å². The van der Waals surface area contributed by atoms with E-state index in [0.29, 0.717) is 16.3 Å². The lowest BCUT2D eigenvalue weighted by atomic mass is 10.3. The molecule has 2 rings (SSSR count). The first-order valence-electron chi connectivity index (χ1n) is 4.33. The number of amides is 1. The van der Waals surface area contributed by atoms with Crippen molar-refractivity contribution in [3.05, 3.63) is 39.4 Å². The first kappa shape index (κ1) is 10.9. The highest BCUT2D eigenvalue weighted by molar-refractivity contribution is 9.10. The van der Waals surface area contributed by atoms with Gasteiger partial charge in [0.2, 0.25) is 0 Å². The Hall–Kier alpha value is -1.58. The topological polar surface area (TPSA) is 68.7 Å². The van der Waals surface area contributed by atoms with E-state index >= 15 is 0 Å². The van der Waals surface area contributed by atoms with Gasteiger partial charge in [0.15, 0.2) is 0 Å². The van der Waals surface area contributed by atoms with Gasteiger partial charge < -0.3 is 10.3 Å². The Morgan fingerprint density at radius 1 is 1.62 bits per heavy atom. The number of aromatic nitrogens is 1. The van der Waals surface area contributed by atoms with Crippen LogP contribution in [0.3, 0.4) is 0 Å². The fourth-order valence-corrected chi connectivity index (χ4v) is 2.24. The second-order valence-electron chi connectivity index (χ2n) is 2.96. The van der Waals surface area contributed by atoms with Gasteiger partial charge in [-0.25, -0.2) is 0 Å². The minimum absolute atomic E-state index is 0.260. The third-order valence-corrected chi connectivity index (χ3v) is 3.19. The van der Waals surface area contributed by atoms with Gasteiger partial charge in [0.25, 0.3) is 5.91 Å². The third kappa shape index (κ3) is 2.15. The number of H-pyrrole nitrogens is 1. The van der Waals surface area contributed by atoms with Crippen LogP contribution in [0.25, 0.3) is 0 Å². The number of aromatic amines is 1. The molecule has 0 fully saturated rings. The van der Waals surface area contributed by atoms with Crippen LogP contribution in [0.15, 0.2) is 28.2 Å². The van der Waals surface area contributed by atoms with Crippen LogP contribution in [0.2, 0.25) is 0 Å². The highest BCUT2D eigenvalue weighted by atomic mass is 79.9. The molecular weight excluding hydrogens is 290 g/mol. The molecule has 1 amide bonds. The summed E-state index contributed by atoms with van der Waals surface area (Å²) in [5.74, 6) is -0.260. The Bertz CT molecular complexity index is 567. The zero-order chi connectivity index (χ0) is 11.5. The molecule has 0 unspecified atom stereocenters. The van der Waals surface area contributed by atoms with E-state index in [1.54, 1.807) is 23.7 Å². The fourth-order valence-electron chi connectivity index (χ4n) is 1.16. The summed E-state index contributed by atoms with van der Waals surface area (Å²) < 4.78 is 0.810. The molecule has 0 aliphatic heterocycles. The molecule has 0 saturated carbocycles. The summed E-state index contributed by atoms with van der Waals surface area (Å²) in [5.41, 5.74) is 0.924. The number of halogens is 1. The van der Waals surface area contributed by atoms with Crippen LogP contribution < -0.4 is 5.32 Å². The molecule has 0 aliphatic rings. The number of nitrogens with zero attached hydrogens (tertiary/aromatic N) is 1. The Morgan fingerprint density at radius 3 is 3.06 bits per heavy atom. The zero-order valence-electron chi connectivity index (χ0n) is 7.95. The summed E-state index contributed by atoms with van der Waals surface area (Å²) in [6.45, 7) is 0. The Labute approximate surface area is 104 Å². The normalized spacial score (nSPS) is 9.75. The molecule has 2 aromatic rings. The van der Waals surface area contributed by atoms with Crippen molar-refractivity contribution in [1.29, 1.82) is 5.26 Å². The molecule has 16 heavy (non-hydrogen) atoms. The molecule has 0 atom stereocenters. The van der Waals surface area contributed by atoms with E-state index in [4.69, 9.17) is 5.26 Å². The van der Waals surface area contributed by atoms with E-state index in [9.17, 15) is 4.79 Å². The van der Waals surface area contributed by atoms with Crippen molar-refractivity contribution in [2.75, 3.05) is 5.32 Å². The smallest absolute Gasteiger partial charge is 0.272 e. The van der Waals surface area contributed by atoms with Crippen LogP contribution in [-0.2, 0) is 0 Å². The maximum absolute atomic E-state index is 11.7. The van der Waals surface area contributed by atoms with Crippen molar-refractivity contribution in [3.8, 4) is 6.07 Å². The Kier molecular flexibility index (Phi) is 3.08. The standard InChI is InChI=1S/C10H6BrN3OS/c11-7-3-8(13-5-7)9(15)14-10-6(4-12)1-2-16-10/h1-3,5,13H,(H,14,15). The molecule has 4 nitrogen and oxygen atoms in total. The third-order valence-electron chi connectivity index (χ3n) is 1.91. The highest BCUT2D eigenvalue weighted by Crippen LogP contribution is 2.23. The minimum Gasteiger partial charge on any atom is -0.356 e. The van der Waals surface area contributed by atoms with Gasteiger partial charge in [-0.2, -0.15) is 5.26 Å². The van der Waals surface area contributed by atoms with E-state index in [0.717, 1.165) is 4.47 Å². The quantitative estimate of drug-likeness (QED) is 0.894. The summed E-state index contributed by atoms with van der Waals surface area (Å²) in [6.07, 6.45) is 1.68. The van der Waals surface area contributed by atoms with Crippen molar-refractivity contribution in [2.45, 2.75) is 0 Å². The summed E-state index contributed by atoms with van der Waals surface area (Å²) in [5, 5.41) is 13.8.